The summed E-state index contributed by atoms with van der Waals surface area (Å²) >= 11 is 0. The van der Waals surface area contributed by atoms with Gasteiger partial charge in [0.2, 0.25) is 0 Å². The number of rotatable bonds is 5. The topological polar surface area (TPSA) is 69.0 Å². The molecular formula is C24H32N4O. The summed E-state index contributed by atoms with van der Waals surface area (Å²) in [7, 11) is 2.12. The first-order valence-corrected chi connectivity index (χ1v) is 10.4. The molecule has 154 valence electrons. The molecule has 3 rings (SSSR count). The van der Waals surface area contributed by atoms with Gasteiger partial charge >= 0.3 is 0 Å². The van der Waals surface area contributed by atoms with E-state index in [2.05, 4.69) is 48.2 Å². The molecule has 5 nitrogen and oxygen atoms in total. The van der Waals surface area contributed by atoms with Crippen LogP contribution < -0.4 is 10.2 Å². The third-order valence-corrected chi connectivity index (χ3v) is 6.00. The van der Waals surface area contributed by atoms with E-state index in [-0.39, 0.29) is 13.4 Å². The van der Waals surface area contributed by atoms with Crippen LogP contribution in [0.5, 0.6) is 0 Å². The van der Waals surface area contributed by atoms with Crippen molar-refractivity contribution in [1.29, 1.82) is 5.26 Å². The third-order valence-electron chi connectivity index (χ3n) is 6.00. The molecule has 29 heavy (non-hydrogen) atoms. The van der Waals surface area contributed by atoms with Crippen molar-refractivity contribution >= 4 is 11.6 Å². The molecule has 0 spiro atoms. The normalized spacial score (nSPS) is 18.9. The minimum absolute atomic E-state index is 0. The lowest BCUT2D eigenvalue weighted by atomic mass is 9.90. The summed E-state index contributed by atoms with van der Waals surface area (Å²) in [5, 5.41) is 12.3. The molecule has 1 heterocycles. The SMILES string of the molecule is Cc1cc(N(C)C2CCC(NC(=O)c3ccc(C(C)C)cn3)CC2)ccc1C#N.[HH]. The second-order valence-corrected chi connectivity index (χ2v) is 8.33. The maximum atomic E-state index is 12.5. The van der Waals surface area contributed by atoms with E-state index in [1.807, 2.05) is 31.2 Å². The first-order chi connectivity index (χ1) is 13.9. The average molecular weight is 393 g/mol. The molecule has 1 aliphatic rings. The Hall–Kier alpha value is -2.87. The molecular weight excluding hydrogens is 360 g/mol. The molecule has 0 radical (unpaired) electrons. The van der Waals surface area contributed by atoms with Crippen LogP contribution in [0.1, 0.15) is 74.1 Å². The molecule has 1 aromatic heterocycles. The van der Waals surface area contributed by atoms with Crippen molar-refractivity contribution in [2.75, 3.05) is 11.9 Å². The molecule has 0 aliphatic heterocycles. The summed E-state index contributed by atoms with van der Waals surface area (Å²) < 4.78 is 0. The second kappa shape index (κ2) is 9.09. The summed E-state index contributed by atoms with van der Waals surface area (Å²) in [6.07, 6.45) is 5.77. The smallest absolute Gasteiger partial charge is 0.270 e. The lowest BCUT2D eigenvalue weighted by Gasteiger charge is -2.36. The van der Waals surface area contributed by atoms with Gasteiger partial charge in [-0.2, -0.15) is 5.26 Å². The monoisotopic (exact) mass is 392 g/mol. The Labute approximate surface area is 175 Å². The lowest BCUT2D eigenvalue weighted by molar-refractivity contribution is 0.0920. The number of hydrogen-bond acceptors (Lipinski definition) is 4. The fourth-order valence-corrected chi connectivity index (χ4v) is 3.95. The number of nitrogens with zero attached hydrogens (tertiary/aromatic N) is 3. The van der Waals surface area contributed by atoms with Gasteiger partial charge in [0.1, 0.15) is 5.69 Å². The van der Waals surface area contributed by atoms with Gasteiger partial charge in [0.15, 0.2) is 0 Å². The molecule has 0 bridgehead atoms. The van der Waals surface area contributed by atoms with E-state index in [1.165, 1.54) is 0 Å². The number of nitriles is 1. The van der Waals surface area contributed by atoms with Crippen molar-refractivity contribution in [2.24, 2.45) is 0 Å². The lowest BCUT2D eigenvalue weighted by Crippen LogP contribution is -2.43. The van der Waals surface area contributed by atoms with Crippen molar-refractivity contribution in [1.82, 2.24) is 10.3 Å². The van der Waals surface area contributed by atoms with Gasteiger partial charge in [-0.25, -0.2) is 0 Å². The minimum atomic E-state index is -0.0835. The first kappa shape index (κ1) is 20.9. The van der Waals surface area contributed by atoms with Crippen LogP contribution >= 0.6 is 0 Å². The molecule has 0 atom stereocenters. The number of anilines is 1. The van der Waals surface area contributed by atoms with E-state index in [0.29, 0.717) is 17.7 Å². The van der Waals surface area contributed by atoms with E-state index in [9.17, 15) is 4.79 Å². The number of aromatic nitrogens is 1. The summed E-state index contributed by atoms with van der Waals surface area (Å²) in [5.74, 6) is 0.326. The van der Waals surface area contributed by atoms with Crippen LogP contribution in [0.2, 0.25) is 0 Å². The minimum Gasteiger partial charge on any atom is -0.372 e. The molecule has 1 N–H and O–H groups in total. The zero-order valence-electron chi connectivity index (χ0n) is 17.8. The number of benzene rings is 1. The standard InChI is InChI=1S/C24H30N4O.H2/c1-16(2)19-6-12-23(26-15-19)24(29)27-20-7-10-21(11-8-20)28(4)22-9-5-18(14-25)17(3)13-22;/h5-6,9,12-13,15-16,20-21H,7-8,10-11H2,1-4H3,(H,27,29);1H. The number of carbonyl (C=O) groups is 1. The number of aryl methyl sites for hydroxylation is 1. The van der Waals surface area contributed by atoms with Crippen LogP contribution in [-0.4, -0.2) is 30.0 Å². The molecule has 2 aromatic rings. The van der Waals surface area contributed by atoms with Crippen LogP contribution in [0.4, 0.5) is 5.69 Å². The zero-order chi connectivity index (χ0) is 21.0. The highest BCUT2D eigenvalue weighted by Crippen LogP contribution is 2.28. The van der Waals surface area contributed by atoms with Gasteiger partial charge in [0, 0.05) is 32.4 Å². The van der Waals surface area contributed by atoms with Crippen molar-refractivity contribution in [3.05, 3.63) is 58.9 Å². The number of amides is 1. The van der Waals surface area contributed by atoms with Gasteiger partial charge < -0.3 is 10.2 Å². The van der Waals surface area contributed by atoms with E-state index < -0.39 is 0 Å². The van der Waals surface area contributed by atoms with E-state index in [1.54, 1.807) is 6.20 Å². The van der Waals surface area contributed by atoms with Gasteiger partial charge in [0.05, 0.1) is 11.6 Å². The van der Waals surface area contributed by atoms with Gasteiger partial charge in [-0.3, -0.25) is 9.78 Å². The average Bonchev–Trinajstić information content (AvgIpc) is 2.73. The molecule has 5 heteroatoms. The maximum absolute atomic E-state index is 12.5. The van der Waals surface area contributed by atoms with E-state index in [4.69, 9.17) is 5.26 Å². The maximum Gasteiger partial charge on any atom is 0.270 e. The predicted octanol–water partition coefficient (Wildman–Crippen LogP) is 4.81. The number of pyridine rings is 1. The Bertz CT molecular complexity index is 896. The zero-order valence-corrected chi connectivity index (χ0v) is 17.8. The highest BCUT2D eigenvalue weighted by molar-refractivity contribution is 5.92. The predicted molar refractivity (Wildman–Crippen MR) is 118 cm³/mol. The van der Waals surface area contributed by atoms with Crippen LogP contribution in [0, 0.1) is 18.3 Å². The van der Waals surface area contributed by atoms with Crippen LogP contribution in [0.15, 0.2) is 36.5 Å². The Morgan fingerprint density at radius 1 is 1.24 bits per heavy atom. The summed E-state index contributed by atoms with van der Waals surface area (Å²) in [6.45, 7) is 6.21. The van der Waals surface area contributed by atoms with Crippen LogP contribution in [0.3, 0.4) is 0 Å². The quantitative estimate of drug-likeness (QED) is 0.793. The summed E-state index contributed by atoms with van der Waals surface area (Å²) in [5.41, 5.74) is 4.51. The summed E-state index contributed by atoms with van der Waals surface area (Å²) in [4.78, 5) is 19.1. The highest BCUT2D eigenvalue weighted by atomic mass is 16.1. The Morgan fingerprint density at radius 2 is 1.97 bits per heavy atom. The largest absolute Gasteiger partial charge is 0.372 e. The van der Waals surface area contributed by atoms with Gasteiger partial charge in [-0.05, 0) is 73.9 Å². The fraction of sp³-hybridized carbons (Fsp3) is 0.458. The third kappa shape index (κ3) is 4.95. The first-order valence-electron chi connectivity index (χ1n) is 10.4. The van der Waals surface area contributed by atoms with E-state index >= 15 is 0 Å². The fourth-order valence-electron chi connectivity index (χ4n) is 3.95. The molecule has 1 amide bonds. The Balaban J connectivity index is 0.00000320. The molecule has 1 aliphatic carbocycles. The van der Waals surface area contributed by atoms with Crippen molar-refractivity contribution < 1.29 is 6.22 Å². The number of carbonyl (C=O) groups excluding carboxylic acids is 1. The molecule has 0 saturated heterocycles. The van der Waals surface area contributed by atoms with Gasteiger partial charge in [-0.15, -0.1) is 0 Å². The van der Waals surface area contributed by atoms with Crippen LogP contribution in [0.25, 0.3) is 0 Å². The number of hydrogen-bond donors (Lipinski definition) is 1. The Morgan fingerprint density at radius 3 is 2.52 bits per heavy atom. The Kier molecular flexibility index (Phi) is 6.53. The van der Waals surface area contributed by atoms with Gasteiger partial charge in [0.25, 0.3) is 5.91 Å². The van der Waals surface area contributed by atoms with Crippen molar-refractivity contribution in [2.45, 2.75) is 64.5 Å². The van der Waals surface area contributed by atoms with Gasteiger partial charge in [-0.1, -0.05) is 19.9 Å². The van der Waals surface area contributed by atoms with Crippen LogP contribution in [-0.2, 0) is 0 Å². The van der Waals surface area contributed by atoms with E-state index in [0.717, 1.165) is 48.1 Å². The molecule has 1 fully saturated rings. The molecule has 1 aromatic carbocycles. The molecule has 0 unspecified atom stereocenters. The summed E-state index contributed by atoms with van der Waals surface area (Å²) in [6, 6.07) is 12.7. The van der Waals surface area contributed by atoms with Crippen molar-refractivity contribution in [3.63, 3.8) is 0 Å². The second-order valence-electron chi connectivity index (χ2n) is 8.33. The highest BCUT2D eigenvalue weighted by Gasteiger charge is 2.26. The molecule has 1 saturated carbocycles. The van der Waals surface area contributed by atoms with Crippen molar-refractivity contribution in [3.8, 4) is 6.07 Å². The number of nitrogens with one attached hydrogen (secondary N) is 1.